The molecule has 1 atom stereocenters. The zero-order chi connectivity index (χ0) is 16.8. The Labute approximate surface area is 136 Å². The number of amides is 1. The van der Waals surface area contributed by atoms with Gasteiger partial charge in [-0.25, -0.2) is 0 Å². The van der Waals surface area contributed by atoms with Crippen LogP contribution in [0.4, 0.5) is 0 Å². The van der Waals surface area contributed by atoms with Gasteiger partial charge in [-0.05, 0) is 43.7 Å². The zero-order valence-electron chi connectivity index (χ0n) is 13.7. The number of hydrogen-bond donors (Lipinski definition) is 0. The molecule has 0 aliphatic carbocycles. The normalized spacial score (nSPS) is 11.6. The van der Waals surface area contributed by atoms with Crippen molar-refractivity contribution in [1.29, 1.82) is 0 Å². The van der Waals surface area contributed by atoms with E-state index < -0.39 is 0 Å². The van der Waals surface area contributed by atoms with E-state index in [1.54, 1.807) is 36.2 Å². The van der Waals surface area contributed by atoms with Crippen molar-refractivity contribution in [2.45, 2.75) is 19.9 Å². The minimum atomic E-state index is -0.100. The van der Waals surface area contributed by atoms with Gasteiger partial charge in [0.15, 0.2) is 12.4 Å². The molecule has 120 valence electrons. The number of carbonyl (C=O) groups is 2. The standard InChI is InChI=1S/C19H21NO3/c1-14(16-7-5-4-6-8-16)20(3)19(22)13-23-18-11-9-17(10-12-18)15(2)21/h4-12,14H,13H2,1-3H3. The predicted molar refractivity (Wildman–Crippen MR) is 89.6 cm³/mol. The molecule has 0 radical (unpaired) electrons. The Kier molecular flexibility index (Phi) is 5.52. The van der Waals surface area contributed by atoms with Gasteiger partial charge in [-0.2, -0.15) is 0 Å². The van der Waals surface area contributed by atoms with E-state index in [0.717, 1.165) is 5.56 Å². The molecule has 4 heteroatoms. The van der Waals surface area contributed by atoms with Gasteiger partial charge in [-0.3, -0.25) is 9.59 Å². The van der Waals surface area contributed by atoms with Gasteiger partial charge in [0.25, 0.3) is 5.91 Å². The molecule has 0 N–H and O–H groups in total. The van der Waals surface area contributed by atoms with Crippen molar-refractivity contribution >= 4 is 11.7 Å². The molecule has 0 spiro atoms. The summed E-state index contributed by atoms with van der Waals surface area (Å²) in [4.78, 5) is 25.1. The second-order valence-corrected chi connectivity index (χ2v) is 5.46. The van der Waals surface area contributed by atoms with Crippen LogP contribution in [0.2, 0.25) is 0 Å². The molecule has 23 heavy (non-hydrogen) atoms. The number of hydrogen-bond acceptors (Lipinski definition) is 3. The van der Waals surface area contributed by atoms with Gasteiger partial charge in [-0.15, -0.1) is 0 Å². The maximum Gasteiger partial charge on any atom is 0.260 e. The van der Waals surface area contributed by atoms with Gasteiger partial charge in [0.05, 0.1) is 6.04 Å². The number of rotatable bonds is 6. The third kappa shape index (κ3) is 4.42. The lowest BCUT2D eigenvalue weighted by molar-refractivity contribution is -0.134. The topological polar surface area (TPSA) is 46.6 Å². The largest absolute Gasteiger partial charge is 0.484 e. The van der Waals surface area contributed by atoms with E-state index in [0.29, 0.717) is 11.3 Å². The van der Waals surface area contributed by atoms with E-state index in [9.17, 15) is 9.59 Å². The van der Waals surface area contributed by atoms with Crippen molar-refractivity contribution in [3.05, 3.63) is 65.7 Å². The average Bonchev–Trinajstić information content (AvgIpc) is 2.59. The lowest BCUT2D eigenvalue weighted by Gasteiger charge is -2.25. The number of benzene rings is 2. The highest BCUT2D eigenvalue weighted by Crippen LogP contribution is 2.19. The highest BCUT2D eigenvalue weighted by Gasteiger charge is 2.17. The SMILES string of the molecule is CC(=O)c1ccc(OCC(=O)N(C)C(C)c2ccccc2)cc1. The fourth-order valence-corrected chi connectivity index (χ4v) is 2.20. The molecular formula is C19H21NO3. The molecule has 0 fully saturated rings. The molecule has 2 rings (SSSR count). The summed E-state index contributed by atoms with van der Waals surface area (Å²) < 4.78 is 5.51. The molecule has 2 aromatic carbocycles. The van der Waals surface area contributed by atoms with Crippen LogP contribution in [-0.2, 0) is 4.79 Å². The second-order valence-electron chi connectivity index (χ2n) is 5.46. The van der Waals surface area contributed by atoms with Crippen LogP contribution in [0.3, 0.4) is 0 Å². The van der Waals surface area contributed by atoms with Crippen LogP contribution >= 0.6 is 0 Å². The molecule has 0 saturated carbocycles. The Balaban J connectivity index is 1.92. The van der Waals surface area contributed by atoms with Crippen molar-refractivity contribution in [2.24, 2.45) is 0 Å². The first-order valence-electron chi connectivity index (χ1n) is 7.53. The van der Waals surface area contributed by atoms with Crippen LogP contribution in [0, 0.1) is 0 Å². The molecule has 1 unspecified atom stereocenters. The summed E-state index contributed by atoms with van der Waals surface area (Å²) in [5.41, 5.74) is 1.70. The van der Waals surface area contributed by atoms with E-state index in [4.69, 9.17) is 4.74 Å². The van der Waals surface area contributed by atoms with Crippen molar-refractivity contribution in [2.75, 3.05) is 13.7 Å². The summed E-state index contributed by atoms with van der Waals surface area (Å²) in [6, 6.07) is 16.6. The Hall–Kier alpha value is -2.62. The summed E-state index contributed by atoms with van der Waals surface area (Å²) in [6.07, 6.45) is 0. The number of ketones is 1. The number of Topliss-reactive ketones (excluding diaryl/α,β-unsaturated/α-hetero) is 1. The molecule has 4 nitrogen and oxygen atoms in total. The van der Waals surface area contributed by atoms with Crippen LogP contribution < -0.4 is 4.74 Å². The fourth-order valence-electron chi connectivity index (χ4n) is 2.20. The second kappa shape index (κ2) is 7.58. The molecule has 1 amide bonds. The molecule has 0 saturated heterocycles. The van der Waals surface area contributed by atoms with E-state index in [1.165, 1.54) is 6.92 Å². The van der Waals surface area contributed by atoms with E-state index in [-0.39, 0.29) is 24.3 Å². The zero-order valence-corrected chi connectivity index (χ0v) is 13.7. The first kappa shape index (κ1) is 16.7. The van der Waals surface area contributed by atoms with Crippen LogP contribution in [0.5, 0.6) is 5.75 Å². The van der Waals surface area contributed by atoms with Gasteiger partial charge >= 0.3 is 0 Å². The minimum absolute atomic E-state index is 0.00375. The monoisotopic (exact) mass is 311 g/mol. The van der Waals surface area contributed by atoms with E-state index >= 15 is 0 Å². The van der Waals surface area contributed by atoms with E-state index in [1.807, 2.05) is 37.3 Å². The highest BCUT2D eigenvalue weighted by molar-refractivity contribution is 5.94. The van der Waals surface area contributed by atoms with Gasteiger partial charge in [0.2, 0.25) is 0 Å². The van der Waals surface area contributed by atoms with Crippen molar-refractivity contribution in [3.63, 3.8) is 0 Å². The Morgan fingerprint density at radius 1 is 1.04 bits per heavy atom. The number of ether oxygens (including phenoxy) is 1. The summed E-state index contributed by atoms with van der Waals surface area (Å²) in [5, 5.41) is 0. The molecule has 0 heterocycles. The van der Waals surface area contributed by atoms with Crippen molar-refractivity contribution < 1.29 is 14.3 Å². The Morgan fingerprint density at radius 2 is 1.65 bits per heavy atom. The lowest BCUT2D eigenvalue weighted by atomic mass is 10.1. The Bertz CT molecular complexity index is 665. The van der Waals surface area contributed by atoms with Gasteiger partial charge < -0.3 is 9.64 Å². The van der Waals surface area contributed by atoms with Crippen molar-refractivity contribution in [3.8, 4) is 5.75 Å². The van der Waals surface area contributed by atoms with Crippen LogP contribution in [0.25, 0.3) is 0 Å². The maximum absolute atomic E-state index is 12.3. The first-order valence-corrected chi connectivity index (χ1v) is 7.53. The average molecular weight is 311 g/mol. The third-order valence-corrected chi connectivity index (χ3v) is 3.88. The van der Waals surface area contributed by atoms with E-state index in [2.05, 4.69) is 0 Å². The highest BCUT2D eigenvalue weighted by atomic mass is 16.5. The maximum atomic E-state index is 12.3. The fraction of sp³-hybridized carbons (Fsp3) is 0.263. The van der Waals surface area contributed by atoms with Crippen LogP contribution in [0.1, 0.15) is 35.8 Å². The molecule has 0 aliphatic rings. The van der Waals surface area contributed by atoms with Gasteiger partial charge in [-0.1, -0.05) is 30.3 Å². The van der Waals surface area contributed by atoms with Gasteiger partial charge in [0, 0.05) is 12.6 Å². The smallest absolute Gasteiger partial charge is 0.260 e. The summed E-state index contributed by atoms with van der Waals surface area (Å²) >= 11 is 0. The predicted octanol–water partition coefficient (Wildman–Crippen LogP) is 3.49. The van der Waals surface area contributed by atoms with Crippen LogP contribution in [0.15, 0.2) is 54.6 Å². The minimum Gasteiger partial charge on any atom is -0.484 e. The first-order chi connectivity index (χ1) is 11.0. The summed E-state index contributed by atoms with van der Waals surface area (Å²) in [6.45, 7) is 3.46. The summed E-state index contributed by atoms with van der Waals surface area (Å²) in [5.74, 6) is 0.477. The van der Waals surface area contributed by atoms with Crippen LogP contribution in [-0.4, -0.2) is 30.2 Å². The molecular weight excluding hydrogens is 290 g/mol. The summed E-state index contributed by atoms with van der Waals surface area (Å²) in [7, 11) is 1.77. The third-order valence-electron chi connectivity index (χ3n) is 3.88. The van der Waals surface area contributed by atoms with Gasteiger partial charge in [0.1, 0.15) is 5.75 Å². The number of carbonyl (C=O) groups excluding carboxylic acids is 2. The lowest BCUT2D eigenvalue weighted by Crippen LogP contribution is -2.33. The number of likely N-dealkylation sites (N-methyl/N-ethyl adjacent to an activating group) is 1. The molecule has 2 aromatic rings. The van der Waals surface area contributed by atoms with Crippen molar-refractivity contribution in [1.82, 2.24) is 4.90 Å². The Morgan fingerprint density at radius 3 is 2.22 bits per heavy atom. The quantitative estimate of drug-likeness (QED) is 0.767. The molecule has 0 aliphatic heterocycles. The molecule has 0 bridgehead atoms. The molecule has 0 aromatic heterocycles. The number of nitrogens with zero attached hydrogens (tertiary/aromatic N) is 1.